The summed E-state index contributed by atoms with van der Waals surface area (Å²) >= 11 is 0. The lowest BCUT2D eigenvalue weighted by molar-refractivity contribution is 0.304. The fourth-order valence-electron chi connectivity index (χ4n) is 3.14. The number of nitrogens with two attached hydrogens (primary N) is 1. The summed E-state index contributed by atoms with van der Waals surface area (Å²) in [6.45, 7) is 4.75. The molecule has 0 amide bonds. The highest BCUT2D eigenvalue weighted by atomic mass is 32.2. The van der Waals surface area contributed by atoms with Crippen LogP contribution in [0.25, 0.3) is 0 Å². The van der Waals surface area contributed by atoms with Gasteiger partial charge in [-0.1, -0.05) is 32.4 Å². The first-order chi connectivity index (χ1) is 9.87. The molecular weight excluding hydrogens is 284 g/mol. The predicted molar refractivity (Wildman–Crippen MR) is 85.7 cm³/mol. The molecule has 2 atom stereocenters. The van der Waals surface area contributed by atoms with E-state index in [4.69, 9.17) is 5.73 Å². The van der Waals surface area contributed by atoms with Gasteiger partial charge in [0.1, 0.15) is 0 Å². The quantitative estimate of drug-likeness (QED) is 0.909. The highest BCUT2D eigenvalue weighted by Crippen LogP contribution is 2.32. The number of hydrogen-bond acceptors (Lipinski definition) is 3. The molecule has 0 aliphatic heterocycles. The Morgan fingerprint density at radius 3 is 2.38 bits per heavy atom. The molecule has 1 aliphatic carbocycles. The van der Waals surface area contributed by atoms with Crippen molar-refractivity contribution in [2.75, 3.05) is 13.6 Å². The first-order valence-electron chi connectivity index (χ1n) is 7.66. The van der Waals surface area contributed by atoms with Crippen LogP contribution in [0.5, 0.6) is 0 Å². The summed E-state index contributed by atoms with van der Waals surface area (Å²) in [4.78, 5) is 0.372. The lowest BCUT2D eigenvalue weighted by Gasteiger charge is -2.28. The van der Waals surface area contributed by atoms with Crippen LogP contribution in [-0.4, -0.2) is 32.4 Å². The molecule has 2 unspecified atom stereocenters. The standard InChI is InChI=1S/C16H26N2O2S/c1-12(2)13-7-9-15(10-8-13)21(19,20)18(3)16-6-4-5-14(16)11-17/h7-10,12,14,16H,4-6,11,17H2,1-3H3. The highest BCUT2D eigenvalue weighted by molar-refractivity contribution is 7.89. The Hall–Kier alpha value is -0.910. The maximum Gasteiger partial charge on any atom is 0.243 e. The zero-order valence-corrected chi connectivity index (χ0v) is 13.9. The molecule has 0 heterocycles. The SMILES string of the molecule is CC(C)c1ccc(S(=O)(=O)N(C)C2CCCC2CN)cc1. The summed E-state index contributed by atoms with van der Waals surface area (Å²) in [5.74, 6) is 0.677. The van der Waals surface area contributed by atoms with Crippen LogP contribution in [0, 0.1) is 5.92 Å². The lowest BCUT2D eigenvalue weighted by atomic mass is 10.0. The van der Waals surface area contributed by atoms with E-state index in [1.807, 2.05) is 12.1 Å². The molecule has 1 aliphatic rings. The first-order valence-corrected chi connectivity index (χ1v) is 9.10. The fraction of sp³-hybridized carbons (Fsp3) is 0.625. The molecule has 1 aromatic rings. The van der Waals surface area contributed by atoms with Gasteiger partial charge in [0.2, 0.25) is 10.0 Å². The smallest absolute Gasteiger partial charge is 0.243 e. The Morgan fingerprint density at radius 2 is 1.86 bits per heavy atom. The van der Waals surface area contributed by atoms with Crippen molar-refractivity contribution in [2.24, 2.45) is 11.7 Å². The van der Waals surface area contributed by atoms with E-state index in [-0.39, 0.29) is 12.0 Å². The van der Waals surface area contributed by atoms with Crippen molar-refractivity contribution in [1.82, 2.24) is 4.31 Å². The minimum atomic E-state index is -3.43. The van der Waals surface area contributed by atoms with E-state index in [1.54, 1.807) is 19.2 Å². The molecule has 4 nitrogen and oxygen atoms in total. The summed E-state index contributed by atoms with van der Waals surface area (Å²) in [6, 6.07) is 7.27. The summed E-state index contributed by atoms with van der Waals surface area (Å²) in [6.07, 6.45) is 2.98. The van der Waals surface area contributed by atoms with Gasteiger partial charge in [-0.05, 0) is 48.9 Å². The van der Waals surface area contributed by atoms with Gasteiger partial charge in [0.15, 0.2) is 0 Å². The third kappa shape index (κ3) is 3.30. The molecular formula is C16H26N2O2S. The number of benzene rings is 1. The van der Waals surface area contributed by atoms with Gasteiger partial charge in [0, 0.05) is 13.1 Å². The van der Waals surface area contributed by atoms with Crippen LogP contribution in [0.2, 0.25) is 0 Å². The number of hydrogen-bond donors (Lipinski definition) is 1. The Kier molecular flexibility index (Phi) is 5.07. The molecule has 5 heteroatoms. The van der Waals surface area contributed by atoms with Gasteiger partial charge in [0.05, 0.1) is 4.90 Å². The number of rotatable bonds is 5. The Balaban J connectivity index is 2.24. The third-order valence-corrected chi connectivity index (χ3v) is 6.51. The molecule has 21 heavy (non-hydrogen) atoms. The van der Waals surface area contributed by atoms with E-state index in [0.29, 0.717) is 17.4 Å². The van der Waals surface area contributed by atoms with Crippen molar-refractivity contribution in [1.29, 1.82) is 0 Å². The predicted octanol–water partition coefficient (Wildman–Crippen LogP) is 2.56. The van der Waals surface area contributed by atoms with Crippen molar-refractivity contribution >= 4 is 10.0 Å². The minimum absolute atomic E-state index is 0.0322. The molecule has 1 saturated carbocycles. The van der Waals surface area contributed by atoms with E-state index in [0.717, 1.165) is 24.8 Å². The van der Waals surface area contributed by atoms with E-state index in [9.17, 15) is 8.42 Å². The maximum atomic E-state index is 12.7. The van der Waals surface area contributed by atoms with Gasteiger partial charge in [-0.2, -0.15) is 4.31 Å². The molecule has 0 bridgehead atoms. The van der Waals surface area contributed by atoms with E-state index in [2.05, 4.69) is 13.8 Å². The average molecular weight is 310 g/mol. The highest BCUT2D eigenvalue weighted by Gasteiger charge is 2.35. The van der Waals surface area contributed by atoms with Gasteiger partial charge in [-0.25, -0.2) is 8.42 Å². The van der Waals surface area contributed by atoms with Gasteiger partial charge < -0.3 is 5.73 Å². The van der Waals surface area contributed by atoms with Crippen molar-refractivity contribution < 1.29 is 8.42 Å². The molecule has 0 aromatic heterocycles. The first kappa shape index (κ1) is 16.5. The van der Waals surface area contributed by atoms with Gasteiger partial charge in [0.25, 0.3) is 0 Å². The lowest BCUT2D eigenvalue weighted by Crippen LogP contribution is -2.41. The molecule has 0 saturated heterocycles. The summed E-state index contributed by atoms with van der Waals surface area (Å²) < 4.78 is 27.0. The number of nitrogens with zero attached hydrogens (tertiary/aromatic N) is 1. The molecule has 2 rings (SSSR count). The Morgan fingerprint density at radius 1 is 1.24 bits per heavy atom. The van der Waals surface area contributed by atoms with Crippen LogP contribution in [-0.2, 0) is 10.0 Å². The van der Waals surface area contributed by atoms with Crippen molar-refractivity contribution in [3.05, 3.63) is 29.8 Å². The zero-order chi connectivity index (χ0) is 15.6. The Bertz CT molecular complexity index is 566. The van der Waals surface area contributed by atoms with Crippen LogP contribution in [0.4, 0.5) is 0 Å². The maximum absolute atomic E-state index is 12.7. The van der Waals surface area contributed by atoms with Crippen LogP contribution >= 0.6 is 0 Å². The second-order valence-corrected chi connectivity index (χ2v) is 8.24. The topological polar surface area (TPSA) is 63.4 Å². The van der Waals surface area contributed by atoms with Crippen molar-refractivity contribution in [2.45, 2.75) is 50.0 Å². The summed E-state index contributed by atoms with van der Waals surface area (Å²) in [5.41, 5.74) is 6.93. The summed E-state index contributed by atoms with van der Waals surface area (Å²) in [5, 5.41) is 0. The van der Waals surface area contributed by atoms with Crippen LogP contribution in [0.1, 0.15) is 44.6 Å². The van der Waals surface area contributed by atoms with Crippen LogP contribution in [0.15, 0.2) is 29.2 Å². The van der Waals surface area contributed by atoms with Crippen molar-refractivity contribution in [3.63, 3.8) is 0 Å². The van der Waals surface area contributed by atoms with E-state index in [1.165, 1.54) is 4.31 Å². The molecule has 0 spiro atoms. The normalized spacial score (nSPS) is 23.1. The minimum Gasteiger partial charge on any atom is -0.330 e. The molecule has 2 N–H and O–H groups in total. The Labute approximate surface area is 128 Å². The average Bonchev–Trinajstić information content (AvgIpc) is 2.94. The molecule has 118 valence electrons. The fourth-order valence-corrected chi connectivity index (χ4v) is 4.59. The molecule has 1 aromatic carbocycles. The second-order valence-electron chi connectivity index (χ2n) is 6.24. The van der Waals surface area contributed by atoms with Gasteiger partial charge in [-0.15, -0.1) is 0 Å². The molecule has 0 radical (unpaired) electrons. The summed E-state index contributed by atoms with van der Waals surface area (Å²) in [7, 11) is -1.75. The van der Waals surface area contributed by atoms with Crippen LogP contribution in [0.3, 0.4) is 0 Å². The second kappa shape index (κ2) is 6.46. The van der Waals surface area contributed by atoms with Crippen LogP contribution < -0.4 is 5.73 Å². The van der Waals surface area contributed by atoms with E-state index >= 15 is 0 Å². The van der Waals surface area contributed by atoms with Crippen molar-refractivity contribution in [3.8, 4) is 0 Å². The monoisotopic (exact) mass is 310 g/mol. The zero-order valence-electron chi connectivity index (χ0n) is 13.1. The number of sulfonamides is 1. The largest absolute Gasteiger partial charge is 0.330 e. The third-order valence-electron chi connectivity index (χ3n) is 4.61. The van der Waals surface area contributed by atoms with Gasteiger partial charge >= 0.3 is 0 Å². The molecule has 1 fully saturated rings. The van der Waals surface area contributed by atoms with Gasteiger partial charge in [-0.3, -0.25) is 0 Å². The van der Waals surface area contributed by atoms with E-state index < -0.39 is 10.0 Å².